The Morgan fingerprint density at radius 2 is 1.71 bits per heavy atom. The second kappa shape index (κ2) is 8.52. The van der Waals surface area contributed by atoms with E-state index in [1.165, 1.54) is 29.8 Å². The predicted octanol–water partition coefficient (Wildman–Crippen LogP) is 4.06. The van der Waals surface area contributed by atoms with E-state index in [-0.39, 0.29) is 17.1 Å². The van der Waals surface area contributed by atoms with Crippen molar-refractivity contribution in [2.24, 2.45) is 10.7 Å². The minimum Gasteiger partial charge on any atom is -0.406 e. The fourth-order valence-electron chi connectivity index (χ4n) is 3.26. The number of guanidine groups is 1. The largest absolute Gasteiger partial charge is 0.573 e. The van der Waals surface area contributed by atoms with Gasteiger partial charge in [-0.25, -0.2) is 0 Å². The van der Waals surface area contributed by atoms with E-state index in [0.29, 0.717) is 25.4 Å². The van der Waals surface area contributed by atoms with Crippen LogP contribution >= 0.6 is 0 Å². The molecule has 0 bridgehead atoms. The van der Waals surface area contributed by atoms with Crippen molar-refractivity contribution in [3.8, 4) is 5.75 Å². The van der Waals surface area contributed by atoms with Gasteiger partial charge in [0.25, 0.3) is 0 Å². The maximum absolute atomic E-state index is 12.2. The maximum Gasteiger partial charge on any atom is 0.573 e. The summed E-state index contributed by atoms with van der Waals surface area (Å²) in [5.74, 6) is -0.0925. The van der Waals surface area contributed by atoms with E-state index in [0.717, 1.165) is 12.8 Å². The molecule has 1 saturated heterocycles. The summed E-state index contributed by atoms with van der Waals surface area (Å²) in [5, 5.41) is 2.90. The third kappa shape index (κ3) is 5.39. The standard InChI is InChI=1S/C20H22F3N3O2/c21-20(22,23)28-17-8-6-16(7-9-17)26-18(24)25-14-19(10-12-27-13-11-19)15-4-2-1-3-5-15/h1-9H,10-14H2,(H3,24,25,26). The molecule has 2 aromatic carbocycles. The minimum atomic E-state index is -4.72. The van der Waals surface area contributed by atoms with Gasteiger partial charge in [0, 0.05) is 24.3 Å². The monoisotopic (exact) mass is 393 g/mol. The summed E-state index contributed by atoms with van der Waals surface area (Å²) < 4.78 is 46.0. The van der Waals surface area contributed by atoms with E-state index in [1.54, 1.807) is 0 Å². The van der Waals surface area contributed by atoms with Crippen molar-refractivity contribution in [1.29, 1.82) is 0 Å². The Hall–Kier alpha value is -2.74. The molecular weight excluding hydrogens is 371 g/mol. The molecule has 0 saturated carbocycles. The van der Waals surface area contributed by atoms with Gasteiger partial charge < -0.3 is 20.5 Å². The fraction of sp³-hybridized carbons (Fsp3) is 0.350. The number of hydrogen-bond acceptors (Lipinski definition) is 3. The van der Waals surface area contributed by atoms with Crippen LogP contribution in [0.25, 0.3) is 0 Å². The molecule has 0 unspecified atom stereocenters. The highest BCUT2D eigenvalue weighted by Crippen LogP contribution is 2.35. The summed E-state index contributed by atoms with van der Waals surface area (Å²) >= 11 is 0. The molecule has 2 aromatic rings. The van der Waals surface area contributed by atoms with E-state index < -0.39 is 6.36 Å². The highest BCUT2D eigenvalue weighted by Gasteiger charge is 2.34. The van der Waals surface area contributed by atoms with Crippen LogP contribution in [-0.4, -0.2) is 32.1 Å². The van der Waals surface area contributed by atoms with Crippen LogP contribution in [0.3, 0.4) is 0 Å². The van der Waals surface area contributed by atoms with E-state index >= 15 is 0 Å². The van der Waals surface area contributed by atoms with Gasteiger partial charge in [-0.15, -0.1) is 13.2 Å². The van der Waals surface area contributed by atoms with Gasteiger partial charge >= 0.3 is 6.36 Å². The van der Waals surface area contributed by atoms with Gasteiger partial charge in [0.05, 0.1) is 6.54 Å². The lowest BCUT2D eigenvalue weighted by atomic mass is 9.74. The number of aliphatic imine (C=N–C) groups is 1. The Labute approximate surface area is 161 Å². The lowest BCUT2D eigenvalue weighted by Gasteiger charge is -2.36. The molecule has 0 atom stereocenters. The number of hydrogen-bond donors (Lipinski definition) is 2. The van der Waals surface area contributed by atoms with Gasteiger partial charge in [-0.2, -0.15) is 0 Å². The zero-order chi connectivity index (χ0) is 20.0. The Morgan fingerprint density at radius 3 is 2.32 bits per heavy atom. The van der Waals surface area contributed by atoms with Crippen LogP contribution in [0.1, 0.15) is 18.4 Å². The second-order valence-corrected chi connectivity index (χ2v) is 6.66. The van der Waals surface area contributed by atoms with Crippen molar-refractivity contribution >= 4 is 11.6 Å². The summed E-state index contributed by atoms with van der Waals surface area (Å²) in [6.45, 7) is 1.82. The number of halogens is 3. The smallest absolute Gasteiger partial charge is 0.406 e. The second-order valence-electron chi connectivity index (χ2n) is 6.66. The topological polar surface area (TPSA) is 68.9 Å². The Bertz CT molecular complexity index is 787. The molecule has 3 N–H and O–H groups in total. The number of benzene rings is 2. The van der Waals surface area contributed by atoms with Gasteiger partial charge in [-0.1, -0.05) is 30.3 Å². The molecule has 1 aliphatic rings. The number of ether oxygens (including phenoxy) is 2. The van der Waals surface area contributed by atoms with Crippen molar-refractivity contribution < 1.29 is 22.6 Å². The van der Waals surface area contributed by atoms with E-state index in [9.17, 15) is 13.2 Å². The van der Waals surface area contributed by atoms with Crippen molar-refractivity contribution in [2.45, 2.75) is 24.6 Å². The van der Waals surface area contributed by atoms with Crippen LogP contribution in [-0.2, 0) is 10.2 Å². The summed E-state index contributed by atoms with van der Waals surface area (Å²) in [5.41, 5.74) is 7.58. The highest BCUT2D eigenvalue weighted by atomic mass is 19.4. The quantitative estimate of drug-likeness (QED) is 0.594. The molecule has 1 heterocycles. The third-order valence-corrected chi connectivity index (χ3v) is 4.75. The maximum atomic E-state index is 12.2. The number of nitrogens with one attached hydrogen (secondary N) is 1. The Balaban J connectivity index is 1.67. The van der Waals surface area contributed by atoms with E-state index in [2.05, 4.69) is 27.2 Å². The van der Waals surface area contributed by atoms with Gasteiger partial charge in [-0.05, 0) is 42.7 Å². The first-order valence-corrected chi connectivity index (χ1v) is 8.92. The number of anilines is 1. The average molecular weight is 393 g/mol. The highest BCUT2D eigenvalue weighted by molar-refractivity contribution is 5.92. The van der Waals surface area contributed by atoms with E-state index in [4.69, 9.17) is 10.5 Å². The van der Waals surface area contributed by atoms with Crippen molar-refractivity contribution in [1.82, 2.24) is 0 Å². The van der Waals surface area contributed by atoms with Crippen LogP contribution in [0, 0.1) is 0 Å². The summed E-state index contributed by atoms with van der Waals surface area (Å²) in [6, 6.07) is 15.5. The lowest BCUT2D eigenvalue weighted by Crippen LogP contribution is -2.38. The zero-order valence-electron chi connectivity index (χ0n) is 15.2. The van der Waals surface area contributed by atoms with Crippen molar-refractivity contribution in [2.75, 3.05) is 25.1 Å². The summed E-state index contributed by atoms with van der Waals surface area (Å²) in [7, 11) is 0. The number of rotatable bonds is 5. The number of alkyl halides is 3. The minimum absolute atomic E-state index is 0.143. The number of nitrogens with zero attached hydrogens (tertiary/aromatic N) is 1. The molecule has 0 aromatic heterocycles. The molecule has 0 aliphatic carbocycles. The predicted molar refractivity (Wildman–Crippen MR) is 101 cm³/mol. The molecule has 0 radical (unpaired) electrons. The molecule has 8 heteroatoms. The molecular formula is C20H22F3N3O2. The molecule has 150 valence electrons. The van der Waals surface area contributed by atoms with Gasteiger partial charge in [0.1, 0.15) is 5.75 Å². The van der Waals surface area contributed by atoms with E-state index in [1.807, 2.05) is 18.2 Å². The summed E-state index contributed by atoms with van der Waals surface area (Å²) in [6.07, 6.45) is -3.03. The molecule has 5 nitrogen and oxygen atoms in total. The zero-order valence-corrected chi connectivity index (χ0v) is 15.2. The molecule has 0 spiro atoms. The first kappa shape index (κ1) is 20.0. The molecule has 3 rings (SSSR count). The van der Waals surface area contributed by atoms with Crippen LogP contribution < -0.4 is 15.8 Å². The molecule has 0 amide bonds. The fourth-order valence-corrected chi connectivity index (χ4v) is 3.26. The lowest BCUT2D eigenvalue weighted by molar-refractivity contribution is -0.274. The Morgan fingerprint density at radius 1 is 1.07 bits per heavy atom. The first-order chi connectivity index (χ1) is 13.4. The van der Waals surface area contributed by atoms with Gasteiger partial charge in [0.15, 0.2) is 5.96 Å². The van der Waals surface area contributed by atoms with Crippen LogP contribution in [0.4, 0.5) is 18.9 Å². The average Bonchev–Trinajstić information content (AvgIpc) is 2.68. The normalized spacial score (nSPS) is 17.2. The molecule has 1 aliphatic heterocycles. The van der Waals surface area contributed by atoms with Crippen LogP contribution in [0.2, 0.25) is 0 Å². The molecule has 28 heavy (non-hydrogen) atoms. The van der Waals surface area contributed by atoms with Gasteiger partial charge in [-0.3, -0.25) is 4.99 Å². The molecule has 1 fully saturated rings. The SMILES string of the molecule is NC(=NCC1(c2ccccc2)CCOCC1)Nc1ccc(OC(F)(F)F)cc1. The summed E-state index contributed by atoms with van der Waals surface area (Å²) in [4.78, 5) is 4.49. The first-order valence-electron chi connectivity index (χ1n) is 8.92. The van der Waals surface area contributed by atoms with Gasteiger partial charge in [0.2, 0.25) is 0 Å². The van der Waals surface area contributed by atoms with Crippen LogP contribution in [0.15, 0.2) is 59.6 Å². The Kier molecular flexibility index (Phi) is 6.08. The van der Waals surface area contributed by atoms with Crippen LogP contribution in [0.5, 0.6) is 5.75 Å². The van der Waals surface area contributed by atoms with Crippen molar-refractivity contribution in [3.63, 3.8) is 0 Å². The van der Waals surface area contributed by atoms with Crippen molar-refractivity contribution in [3.05, 3.63) is 60.2 Å². The third-order valence-electron chi connectivity index (χ3n) is 4.75. The number of nitrogens with two attached hydrogens (primary N) is 1.